The van der Waals surface area contributed by atoms with Gasteiger partial charge in [-0.05, 0) is 29.1 Å². The molecule has 0 bridgehead atoms. The van der Waals surface area contributed by atoms with Gasteiger partial charge >= 0.3 is 5.97 Å². The van der Waals surface area contributed by atoms with Gasteiger partial charge in [-0.25, -0.2) is 8.78 Å². The molecule has 2 N–H and O–H groups in total. The average Bonchev–Trinajstić information content (AvgIpc) is 2.67. The van der Waals surface area contributed by atoms with Crippen molar-refractivity contribution < 1.29 is 18.7 Å². The van der Waals surface area contributed by atoms with Crippen LogP contribution in [-0.4, -0.2) is 22.0 Å². The second-order valence-electron chi connectivity index (χ2n) is 4.37. The predicted octanol–water partition coefficient (Wildman–Crippen LogP) is 2.53. The Balaban J connectivity index is 2.17. The molecule has 5 heteroatoms. The topological polar surface area (TPSA) is 53.1 Å². The number of carboxylic acid groups (broad SMARTS) is 1. The van der Waals surface area contributed by atoms with Crippen LogP contribution in [-0.2, 0) is 10.2 Å². The fraction of sp³-hybridized carbons (Fsp3) is 0.250. The Hall–Kier alpha value is -1.91. The fourth-order valence-electron chi connectivity index (χ4n) is 2.28. The van der Waals surface area contributed by atoms with Crippen LogP contribution in [0.1, 0.15) is 12.0 Å². The Kier molecular flexibility index (Phi) is 1.72. The minimum atomic E-state index is -3.15. The molecule has 0 saturated heterocycles. The van der Waals surface area contributed by atoms with Crippen LogP contribution in [0.15, 0.2) is 30.5 Å². The van der Waals surface area contributed by atoms with Crippen molar-refractivity contribution in [2.24, 2.45) is 0 Å². The number of carboxylic acids is 1. The Morgan fingerprint density at radius 3 is 2.65 bits per heavy atom. The van der Waals surface area contributed by atoms with Crippen LogP contribution < -0.4 is 0 Å². The van der Waals surface area contributed by atoms with Crippen LogP contribution in [0.4, 0.5) is 8.78 Å². The molecule has 0 aliphatic heterocycles. The van der Waals surface area contributed by atoms with E-state index >= 15 is 0 Å². The van der Waals surface area contributed by atoms with Crippen LogP contribution in [0, 0.1) is 0 Å². The Morgan fingerprint density at radius 2 is 2.06 bits per heavy atom. The van der Waals surface area contributed by atoms with E-state index in [-0.39, 0.29) is 5.56 Å². The first kappa shape index (κ1) is 10.3. The van der Waals surface area contributed by atoms with Crippen LogP contribution in [0.5, 0.6) is 0 Å². The van der Waals surface area contributed by atoms with Crippen molar-refractivity contribution in [3.8, 4) is 0 Å². The van der Waals surface area contributed by atoms with Crippen molar-refractivity contribution in [3.05, 3.63) is 36.0 Å². The van der Waals surface area contributed by atoms with Crippen molar-refractivity contribution in [2.75, 3.05) is 0 Å². The minimum absolute atomic E-state index is 0.169. The molecule has 1 fully saturated rings. The third-order valence-corrected chi connectivity index (χ3v) is 3.40. The minimum Gasteiger partial charge on any atom is -0.480 e. The summed E-state index contributed by atoms with van der Waals surface area (Å²) in [5.74, 6) is -4.61. The molecule has 3 nitrogen and oxygen atoms in total. The van der Waals surface area contributed by atoms with Crippen molar-refractivity contribution >= 4 is 16.9 Å². The normalized spacial score (nSPS) is 26.0. The summed E-state index contributed by atoms with van der Waals surface area (Å²) in [5.41, 5.74) is -1.06. The van der Waals surface area contributed by atoms with Crippen molar-refractivity contribution in [1.29, 1.82) is 0 Å². The summed E-state index contributed by atoms with van der Waals surface area (Å²) >= 11 is 0. The third-order valence-electron chi connectivity index (χ3n) is 3.40. The monoisotopic (exact) mass is 237 g/mol. The summed E-state index contributed by atoms with van der Waals surface area (Å²) in [6.07, 6.45) is 1.07. The highest BCUT2D eigenvalue weighted by atomic mass is 19.3. The molecule has 2 aromatic rings. The molecule has 1 atom stereocenters. The second-order valence-corrected chi connectivity index (χ2v) is 4.37. The van der Waals surface area contributed by atoms with Crippen LogP contribution in [0.3, 0.4) is 0 Å². The zero-order chi connectivity index (χ0) is 12.3. The second kappa shape index (κ2) is 2.85. The zero-order valence-corrected chi connectivity index (χ0v) is 8.71. The van der Waals surface area contributed by atoms with E-state index in [4.69, 9.17) is 5.11 Å². The van der Waals surface area contributed by atoms with Crippen molar-refractivity contribution in [1.82, 2.24) is 4.98 Å². The first-order valence-electron chi connectivity index (χ1n) is 5.16. The first-order valence-corrected chi connectivity index (χ1v) is 5.16. The van der Waals surface area contributed by atoms with Gasteiger partial charge in [0.2, 0.25) is 0 Å². The number of halogens is 2. The Bertz CT molecular complexity index is 620. The molecule has 1 aliphatic carbocycles. The molecule has 0 radical (unpaired) electrons. The number of fused-ring (bicyclic) bond motifs is 1. The lowest BCUT2D eigenvalue weighted by Gasteiger charge is -2.11. The number of hydrogen-bond acceptors (Lipinski definition) is 1. The van der Waals surface area contributed by atoms with E-state index in [9.17, 15) is 13.6 Å². The maximum atomic E-state index is 13.3. The van der Waals surface area contributed by atoms with Gasteiger partial charge in [-0.1, -0.05) is 6.07 Å². The maximum Gasteiger partial charge on any atom is 0.320 e. The number of aliphatic carboxylic acids is 1. The third kappa shape index (κ3) is 1.16. The molecule has 1 saturated carbocycles. The van der Waals surface area contributed by atoms with Crippen LogP contribution in [0.25, 0.3) is 10.9 Å². The van der Waals surface area contributed by atoms with E-state index in [1.807, 2.05) is 0 Å². The van der Waals surface area contributed by atoms with E-state index in [1.54, 1.807) is 18.3 Å². The molecule has 1 heterocycles. The van der Waals surface area contributed by atoms with E-state index in [0.717, 1.165) is 10.9 Å². The molecule has 1 aromatic heterocycles. The number of alkyl halides is 2. The molecular formula is C12H9F2NO2. The highest BCUT2D eigenvalue weighted by Crippen LogP contribution is 2.61. The molecular weight excluding hydrogens is 228 g/mol. The van der Waals surface area contributed by atoms with Gasteiger partial charge in [-0.3, -0.25) is 4.79 Å². The smallest absolute Gasteiger partial charge is 0.320 e. The Morgan fingerprint density at radius 1 is 1.35 bits per heavy atom. The Labute approximate surface area is 95.1 Å². The van der Waals surface area contributed by atoms with E-state index in [1.165, 1.54) is 12.1 Å². The lowest BCUT2D eigenvalue weighted by molar-refractivity contribution is -0.142. The summed E-state index contributed by atoms with van der Waals surface area (Å²) in [5, 5.41) is 9.77. The average molecular weight is 237 g/mol. The molecule has 0 spiro atoms. The number of aromatic amines is 1. The lowest BCUT2D eigenvalue weighted by atomic mass is 9.94. The van der Waals surface area contributed by atoms with Gasteiger partial charge in [-0.15, -0.1) is 0 Å². The van der Waals surface area contributed by atoms with Gasteiger partial charge in [0.15, 0.2) is 5.41 Å². The number of nitrogens with one attached hydrogen (secondary N) is 1. The highest BCUT2D eigenvalue weighted by Gasteiger charge is 2.77. The maximum absolute atomic E-state index is 13.3. The first-order chi connectivity index (χ1) is 7.97. The zero-order valence-electron chi connectivity index (χ0n) is 8.71. The molecule has 1 aromatic carbocycles. The quantitative estimate of drug-likeness (QED) is 0.843. The van der Waals surface area contributed by atoms with Gasteiger partial charge in [0.05, 0.1) is 0 Å². The molecule has 1 aliphatic rings. The number of hydrogen-bond donors (Lipinski definition) is 2. The van der Waals surface area contributed by atoms with Crippen LogP contribution >= 0.6 is 0 Å². The van der Waals surface area contributed by atoms with Crippen molar-refractivity contribution in [2.45, 2.75) is 17.8 Å². The summed E-state index contributed by atoms with van der Waals surface area (Å²) in [6, 6.07) is 6.33. The number of aromatic nitrogens is 1. The van der Waals surface area contributed by atoms with E-state index in [0.29, 0.717) is 0 Å². The van der Waals surface area contributed by atoms with E-state index < -0.39 is 23.7 Å². The van der Waals surface area contributed by atoms with Gasteiger partial charge in [0, 0.05) is 18.1 Å². The van der Waals surface area contributed by atoms with Gasteiger partial charge in [0.25, 0.3) is 5.92 Å². The fourth-order valence-corrected chi connectivity index (χ4v) is 2.28. The number of carbonyl (C=O) groups is 1. The van der Waals surface area contributed by atoms with Gasteiger partial charge in [0.1, 0.15) is 0 Å². The van der Waals surface area contributed by atoms with Crippen molar-refractivity contribution in [3.63, 3.8) is 0 Å². The molecule has 1 unspecified atom stereocenters. The summed E-state index contributed by atoms with van der Waals surface area (Å²) < 4.78 is 26.7. The standard InChI is InChI=1S/C12H9F2NO2/c13-12(14)6-11(12,10(16)17)8-1-2-9-7(5-8)3-4-15-9/h1-5,15H,6H2,(H,16,17). The number of rotatable bonds is 2. The van der Waals surface area contributed by atoms with Gasteiger partial charge < -0.3 is 10.1 Å². The SMILES string of the molecule is O=C(O)C1(c2ccc3[nH]ccc3c2)CC1(F)F. The number of benzene rings is 1. The van der Waals surface area contributed by atoms with Crippen LogP contribution in [0.2, 0.25) is 0 Å². The van der Waals surface area contributed by atoms with E-state index in [2.05, 4.69) is 4.98 Å². The predicted molar refractivity (Wildman–Crippen MR) is 57.2 cm³/mol. The molecule has 0 amide bonds. The molecule has 17 heavy (non-hydrogen) atoms. The molecule has 88 valence electrons. The largest absolute Gasteiger partial charge is 0.480 e. The highest BCUT2D eigenvalue weighted by molar-refractivity contribution is 5.90. The van der Waals surface area contributed by atoms with Gasteiger partial charge in [-0.2, -0.15) is 0 Å². The summed E-state index contributed by atoms with van der Waals surface area (Å²) in [4.78, 5) is 14.0. The summed E-state index contributed by atoms with van der Waals surface area (Å²) in [7, 11) is 0. The molecule has 3 rings (SSSR count). The lowest BCUT2D eigenvalue weighted by Crippen LogP contribution is -2.26. The number of H-pyrrole nitrogens is 1. The summed E-state index contributed by atoms with van der Waals surface area (Å²) in [6.45, 7) is 0.